The molecule has 1 fully saturated rings. The van der Waals surface area contributed by atoms with Gasteiger partial charge in [0.05, 0.1) is 0 Å². The Morgan fingerprint density at radius 2 is 1.16 bits per heavy atom. The van der Waals surface area contributed by atoms with Gasteiger partial charge in [0.25, 0.3) is 0 Å². The maximum Gasteiger partial charge on any atom is 0.332 e. The summed E-state index contributed by atoms with van der Waals surface area (Å²) in [5.74, 6) is -1.25. The van der Waals surface area contributed by atoms with Gasteiger partial charge in [-0.2, -0.15) is 0 Å². The Balaban J connectivity index is 1.91. The molecule has 0 atom stereocenters. The van der Waals surface area contributed by atoms with E-state index in [9.17, 15) is 14.4 Å². The van der Waals surface area contributed by atoms with E-state index in [4.69, 9.17) is 4.74 Å². The van der Waals surface area contributed by atoms with Crippen molar-refractivity contribution in [1.82, 2.24) is 9.80 Å². The van der Waals surface area contributed by atoms with Crippen LogP contribution in [0.15, 0.2) is 48.5 Å². The van der Waals surface area contributed by atoms with Crippen molar-refractivity contribution in [1.29, 1.82) is 0 Å². The molecule has 2 aliphatic heterocycles. The molecule has 2 aromatic carbocycles. The molecular weight excluding hydrogens is 320 g/mol. The van der Waals surface area contributed by atoms with E-state index in [2.05, 4.69) is 0 Å². The fourth-order valence-electron chi connectivity index (χ4n) is 3.53. The van der Waals surface area contributed by atoms with Crippen LogP contribution < -0.4 is 4.74 Å². The van der Waals surface area contributed by atoms with E-state index >= 15 is 0 Å². The Morgan fingerprint density at radius 1 is 0.720 bits per heavy atom. The standard InChI is InChI=1S/C19H16N2O4/c1-20-17(22)16(18(23)21(2)19(20)24)15-11-7-3-5-9-13(11)25-14-10-6-4-8-12(14)15/h3-10,15-16H,1-2H3. The van der Waals surface area contributed by atoms with Crippen LogP contribution in [0.25, 0.3) is 0 Å². The molecule has 6 heteroatoms. The predicted octanol–water partition coefficient (Wildman–Crippen LogP) is 2.59. The second kappa shape index (κ2) is 5.44. The maximum absolute atomic E-state index is 12.8. The molecule has 0 aliphatic carbocycles. The number of ether oxygens (including phenoxy) is 1. The molecule has 126 valence electrons. The van der Waals surface area contributed by atoms with E-state index < -0.39 is 29.7 Å². The van der Waals surface area contributed by atoms with E-state index in [0.717, 1.165) is 20.9 Å². The summed E-state index contributed by atoms with van der Waals surface area (Å²) in [6.45, 7) is 0. The topological polar surface area (TPSA) is 66.9 Å². The number of carbonyl (C=O) groups excluding carboxylic acids is 3. The Kier molecular flexibility index (Phi) is 3.35. The molecule has 2 aromatic rings. The Morgan fingerprint density at radius 3 is 1.64 bits per heavy atom. The van der Waals surface area contributed by atoms with Crippen LogP contribution >= 0.6 is 0 Å². The second-order valence-electron chi connectivity index (χ2n) is 6.21. The highest BCUT2D eigenvalue weighted by Crippen LogP contribution is 2.48. The average Bonchev–Trinajstić information content (AvgIpc) is 2.64. The number of amides is 4. The first-order chi connectivity index (χ1) is 12.0. The molecular formula is C19H16N2O4. The second-order valence-corrected chi connectivity index (χ2v) is 6.21. The predicted molar refractivity (Wildman–Crippen MR) is 89.2 cm³/mol. The maximum atomic E-state index is 12.8. The number of fused-ring (bicyclic) bond motifs is 2. The van der Waals surface area contributed by atoms with Crippen LogP contribution in [-0.2, 0) is 9.59 Å². The number of nitrogens with zero attached hydrogens (tertiary/aromatic N) is 2. The van der Waals surface area contributed by atoms with Crippen molar-refractivity contribution >= 4 is 17.8 Å². The summed E-state index contributed by atoms with van der Waals surface area (Å²) in [7, 11) is 2.80. The molecule has 0 bridgehead atoms. The number of hydrogen-bond donors (Lipinski definition) is 0. The molecule has 6 nitrogen and oxygen atoms in total. The lowest BCUT2D eigenvalue weighted by Crippen LogP contribution is -2.58. The van der Waals surface area contributed by atoms with Gasteiger partial charge in [-0.25, -0.2) is 4.79 Å². The van der Waals surface area contributed by atoms with Gasteiger partial charge >= 0.3 is 6.03 Å². The van der Waals surface area contributed by atoms with E-state index in [1.165, 1.54) is 14.1 Å². The zero-order valence-electron chi connectivity index (χ0n) is 13.8. The van der Waals surface area contributed by atoms with Crippen LogP contribution in [0, 0.1) is 5.92 Å². The lowest BCUT2D eigenvalue weighted by molar-refractivity contribution is -0.148. The molecule has 0 spiro atoms. The van der Waals surface area contributed by atoms with Crippen LogP contribution in [0.2, 0.25) is 0 Å². The molecule has 1 saturated heterocycles. The van der Waals surface area contributed by atoms with Crippen molar-refractivity contribution in [2.75, 3.05) is 14.1 Å². The first-order valence-corrected chi connectivity index (χ1v) is 7.95. The quantitative estimate of drug-likeness (QED) is 0.751. The summed E-state index contributed by atoms with van der Waals surface area (Å²) in [6, 6.07) is 14.1. The van der Waals surface area contributed by atoms with Crippen LogP contribution in [0.5, 0.6) is 11.5 Å². The minimum atomic E-state index is -1.00. The van der Waals surface area contributed by atoms with Gasteiger partial charge in [0, 0.05) is 31.1 Å². The zero-order valence-corrected chi connectivity index (χ0v) is 13.8. The minimum Gasteiger partial charge on any atom is -0.457 e. The fourth-order valence-corrected chi connectivity index (χ4v) is 3.53. The normalized spacial score (nSPS) is 18.1. The van der Waals surface area contributed by atoms with Crippen molar-refractivity contribution in [3.05, 3.63) is 59.7 Å². The summed E-state index contributed by atoms with van der Waals surface area (Å²) in [5.41, 5.74) is 1.54. The van der Waals surface area contributed by atoms with Gasteiger partial charge in [0.1, 0.15) is 17.4 Å². The van der Waals surface area contributed by atoms with Crippen molar-refractivity contribution in [3.8, 4) is 11.5 Å². The number of hydrogen-bond acceptors (Lipinski definition) is 4. The number of benzene rings is 2. The van der Waals surface area contributed by atoms with E-state index in [1.54, 1.807) is 0 Å². The van der Waals surface area contributed by atoms with Crippen LogP contribution in [0.1, 0.15) is 17.0 Å². The van der Waals surface area contributed by atoms with Crippen molar-refractivity contribution in [3.63, 3.8) is 0 Å². The summed E-state index contributed by atoms with van der Waals surface area (Å²) >= 11 is 0. The number of imide groups is 2. The smallest absolute Gasteiger partial charge is 0.332 e. The lowest BCUT2D eigenvalue weighted by atomic mass is 9.76. The van der Waals surface area contributed by atoms with Gasteiger partial charge in [-0.3, -0.25) is 19.4 Å². The van der Waals surface area contributed by atoms with Crippen molar-refractivity contribution in [2.45, 2.75) is 5.92 Å². The van der Waals surface area contributed by atoms with Gasteiger partial charge in [0.2, 0.25) is 11.8 Å². The van der Waals surface area contributed by atoms with Crippen molar-refractivity contribution < 1.29 is 19.1 Å². The highest BCUT2D eigenvalue weighted by Gasteiger charge is 2.49. The number of rotatable bonds is 1. The van der Waals surface area contributed by atoms with Crippen LogP contribution in [-0.4, -0.2) is 41.7 Å². The average molecular weight is 336 g/mol. The van der Waals surface area contributed by atoms with Crippen LogP contribution in [0.4, 0.5) is 4.79 Å². The Bertz CT molecular complexity index is 838. The van der Waals surface area contributed by atoms with E-state index in [-0.39, 0.29) is 0 Å². The number of urea groups is 1. The Labute approximate surface area is 144 Å². The summed E-state index contributed by atoms with van der Waals surface area (Å²) in [4.78, 5) is 39.7. The first-order valence-electron chi connectivity index (χ1n) is 7.95. The van der Waals surface area contributed by atoms with E-state index in [0.29, 0.717) is 11.5 Å². The third-order valence-corrected chi connectivity index (χ3v) is 4.83. The van der Waals surface area contributed by atoms with E-state index in [1.807, 2.05) is 48.5 Å². The van der Waals surface area contributed by atoms with Gasteiger partial charge in [-0.15, -0.1) is 0 Å². The van der Waals surface area contributed by atoms with Gasteiger partial charge in [-0.1, -0.05) is 36.4 Å². The summed E-state index contributed by atoms with van der Waals surface area (Å²) in [6.07, 6.45) is 0. The molecule has 2 aliphatic rings. The third-order valence-electron chi connectivity index (χ3n) is 4.83. The lowest BCUT2D eigenvalue weighted by Gasteiger charge is -2.39. The number of para-hydroxylation sites is 2. The molecule has 0 unspecified atom stereocenters. The first kappa shape index (κ1) is 15.4. The fraction of sp³-hybridized carbons (Fsp3) is 0.211. The Hall–Kier alpha value is -3.15. The number of carbonyl (C=O) groups is 3. The van der Waals surface area contributed by atoms with Crippen molar-refractivity contribution in [2.24, 2.45) is 5.92 Å². The third kappa shape index (κ3) is 2.14. The van der Waals surface area contributed by atoms with Gasteiger partial charge < -0.3 is 4.74 Å². The molecule has 0 N–H and O–H groups in total. The molecule has 0 saturated carbocycles. The highest BCUT2D eigenvalue weighted by molar-refractivity contribution is 6.16. The highest BCUT2D eigenvalue weighted by atomic mass is 16.5. The zero-order chi connectivity index (χ0) is 17.7. The summed E-state index contributed by atoms with van der Waals surface area (Å²) in [5, 5.41) is 0. The van der Waals surface area contributed by atoms with Gasteiger partial charge in [-0.05, 0) is 12.1 Å². The minimum absolute atomic E-state index is 0.496. The molecule has 0 radical (unpaired) electrons. The SMILES string of the molecule is CN1C(=O)C(C2c3ccccc3Oc3ccccc32)C(=O)N(C)C1=O. The molecule has 4 rings (SSSR count). The van der Waals surface area contributed by atoms with Crippen LogP contribution in [0.3, 0.4) is 0 Å². The van der Waals surface area contributed by atoms with Gasteiger partial charge in [0.15, 0.2) is 0 Å². The molecule has 0 aromatic heterocycles. The largest absolute Gasteiger partial charge is 0.457 e. The summed E-state index contributed by atoms with van der Waals surface area (Å²) < 4.78 is 5.93. The number of barbiturate groups is 1. The monoisotopic (exact) mass is 336 g/mol. The molecule has 4 amide bonds. The molecule has 25 heavy (non-hydrogen) atoms. The molecule has 2 heterocycles.